The second kappa shape index (κ2) is 10.0. The molecular formula is C21H20ClN3O6. The number of halogens is 1. The number of ether oxygens (including phenoxy) is 1. The quantitative estimate of drug-likeness (QED) is 0.383. The first-order chi connectivity index (χ1) is 14.8. The fourth-order valence-electron chi connectivity index (χ4n) is 3.39. The van der Waals surface area contributed by atoms with Gasteiger partial charge < -0.3 is 15.4 Å². The summed E-state index contributed by atoms with van der Waals surface area (Å²) in [6.45, 7) is -0.964. The molecule has 0 bridgehead atoms. The van der Waals surface area contributed by atoms with Crippen LogP contribution in [0.15, 0.2) is 42.5 Å². The lowest BCUT2D eigenvalue weighted by atomic mass is 9.88. The molecule has 31 heavy (non-hydrogen) atoms. The van der Waals surface area contributed by atoms with Crippen LogP contribution in [0.3, 0.4) is 0 Å². The van der Waals surface area contributed by atoms with Gasteiger partial charge in [-0.2, -0.15) is 0 Å². The number of hydrogen-bond acceptors (Lipinski definition) is 6. The maximum absolute atomic E-state index is 12.2. The zero-order valence-electron chi connectivity index (χ0n) is 16.4. The van der Waals surface area contributed by atoms with Gasteiger partial charge in [-0.25, -0.2) is 0 Å². The predicted octanol–water partition coefficient (Wildman–Crippen LogP) is 2.72. The highest BCUT2D eigenvalue weighted by Crippen LogP contribution is 2.29. The van der Waals surface area contributed by atoms with E-state index in [9.17, 15) is 24.5 Å². The number of benzene rings is 2. The fraction of sp³-hybridized carbons (Fsp3) is 0.286. The Labute approximate surface area is 182 Å². The van der Waals surface area contributed by atoms with Crippen molar-refractivity contribution in [3.8, 4) is 0 Å². The number of fused-ring (bicyclic) bond motifs is 1. The normalized spacial score (nSPS) is 14.8. The van der Waals surface area contributed by atoms with E-state index >= 15 is 0 Å². The first-order valence-electron chi connectivity index (χ1n) is 9.60. The summed E-state index contributed by atoms with van der Waals surface area (Å²) in [4.78, 5) is 46.3. The highest BCUT2D eigenvalue weighted by atomic mass is 35.5. The van der Waals surface area contributed by atoms with Crippen LogP contribution >= 0.6 is 11.6 Å². The number of nitrogens with zero attached hydrogens (tertiary/aromatic N) is 1. The van der Waals surface area contributed by atoms with E-state index in [2.05, 4.69) is 10.6 Å². The van der Waals surface area contributed by atoms with Crippen LogP contribution in [0.4, 0.5) is 5.69 Å². The molecule has 2 amide bonds. The van der Waals surface area contributed by atoms with Crippen molar-refractivity contribution in [3.05, 3.63) is 74.3 Å². The van der Waals surface area contributed by atoms with Crippen molar-refractivity contribution in [2.45, 2.75) is 25.3 Å². The molecule has 0 fully saturated rings. The first-order valence-corrected chi connectivity index (χ1v) is 9.98. The molecule has 3 rings (SSSR count). The molecular weight excluding hydrogens is 426 g/mol. The summed E-state index contributed by atoms with van der Waals surface area (Å²) in [5, 5.41) is 16.0. The van der Waals surface area contributed by atoms with Crippen molar-refractivity contribution in [2.75, 3.05) is 13.2 Å². The molecule has 2 N–H and O–H groups in total. The van der Waals surface area contributed by atoms with Crippen LogP contribution in [0.2, 0.25) is 5.02 Å². The second-order valence-electron chi connectivity index (χ2n) is 6.98. The van der Waals surface area contributed by atoms with Gasteiger partial charge in [0.2, 0.25) is 0 Å². The minimum absolute atomic E-state index is 0.0300. The van der Waals surface area contributed by atoms with Gasteiger partial charge in [-0.3, -0.25) is 24.5 Å². The molecule has 1 aliphatic rings. The Morgan fingerprint density at radius 2 is 1.97 bits per heavy atom. The maximum atomic E-state index is 12.2. The van der Waals surface area contributed by atoms with Crippen molar-refractivity contribution in [1.82, 2.24) is 10.6 Å². The Morgan fingerprint density at radius 1 is 1.19 bits per heavy atom. The Bertz CT molecular complexity index is 1030. The first kappa shape index (κ1) is 22.2. The largest absolute Gasteiger partial charge is 0.454 e. The average molecular weight is 446 g/mol. The molecule has 1 atom stereocenters. The Balaban J connectivity index is 1.45. The van der Waals surface area contributed by atoms with Crippen LogP contribution in [-0.4, -0.2) is 35.9 Å². The number of aryl methyl sites for hydroxylation is 1. The van der Waals surface area contributed by atoms with Crippen molar-refractivity contribution in [2.24, 2.45) is 0 Å². The van der Waals surface area contributed by atoms with Crippen LogP contribution < -0.4 is 10.6 Å². The van der Waals surface area contributed by atoms with E-state index in [4.69, 9.17) is 16.3 Å². The summed E-state index contributed by atoms with van der Waals surface area (Å²) in [7, 11) is 0. The second-order valence-corrected chi connectivity index (χ2v) is 7.39. The van der Waals surface area contributed by atoms with Crippen molar-refractivity contribution in [1.29, 1.82) is 0 Å². The van der Waals surface area contributed by atoms with Gasteiger partial charge in [0, 0.05) is 11.6 Å². The van der Waals surface area contributed by atoms with E-state index in [1.165, 1.54) is 17.7 Å². The van der Waals surface area contributed by atoms with Crippen LogP contribution in [0.1, 0.15) is 40.4 Å². The third-order valence-electron chi connectivity index (χ3n) is 4.87. The van der Waals surface area contributed by atoms with Gasteiger partial charge >= 0.3 is 5.97 Å². The number of esters is 1. The van der Waals surface area contributed by atoms with E-state index in [-0.39, 0.29) is 16.6 Å². The summed E-state index contributed by atoms with van der Waals surface area (Å²) < 4.78 is 4.91. The lowest BCUT2D eigenvalue weighted by Gasteiger charge is -2.26. The number of nitrogens with one attached hydrogen (secondary N) is 2. The monoisotopic (exact) mass is 445 g/mol. The topological polar surface area (TPSA) is 128 Å². The molecule has 2 aromatic rings. The molecule has 162 valence electrons. The summed E-state index contributed by atoms with van der Waals surface area (Å²) in [6.07, 6.45) is 2.73. The maximum Gasteiger partial charge on any atom is 0.325 e. The lowest BCUT2D eigenvalue weighted by molar-refractivity contribution is -0.384. The predicted molar refractivity (Wildman–Crippen MR) is 112 cm³/mol. The third kappa shape index (κ3) is 5.79. The SMILES string of the molecule is O=C(COC(=O)CNC(=O)c1ccc(Cl)c([N+](=O)[O-])c1)N[C@H]1CCCc2ccccc21. The van der Waals surface area contributed by atoms with Gasteiger partial charge in [0.15, 0.2) is 6.61 Å². The number of rotatable bonds is 7. The van der Waals surface area contributed by atoms with E-state index in [0.717, 1.165) is 30.9 Å². The molecule has 0 radical (unpaired) electrons. The van der Waals surface area contributed by atoms with Gasteiger partial charge in [0.1, 0.15) is 11.6 Å². The van der Waals surface area contributed by atoms with Crippen molar-refractivity contribution >= 4 is 35.1 Å². The number of carbonyl (C=O) groups excluding carboxylic acids is 3. The summed E-state index contributed by atoms with van der Waals surface area (Å²) in [5.74, 6) is -1.95. The van der Waals surface area contributed by atoms with Crippen LogP contribution in [0.5, 0.6) is 0 Å². The molecule has 0 saturated heterocycles. The van der Waals surface area contributed by atoms with Crippen LogP contribution in [0.25, 0.3) is 0 Å². The Hall–Kier alpha value is -3.46. The molecule has 0 unspecified atom stereocenters. The zero-order chi connectivity index (χ0) is 22.4. The van der Waals surface area contributed by atoms with Crippen LogP contribution in [0, 0.1) is 10.1 Å². The molecule has 0 aromatic heterocycles. The minimum Gasteiger partial charge on any atom is -0.454 e. The van der Waals surface area contributed by atoms with Gasteiger partial charge in [-0.15, -0.1) is 0 Å². The Kier molecular flexibility index (Phi) is 7.19. The molecule has 0 heterocycles. The van der Waals surface area contributed by atoms with E-state index in [0.29, 0.717) is 0 Å². The average Bonchev–Trinajstić information content (AvgIpc) is 2.76. The van der Waals surface area contributed by atoms with E-state index in [1.807, 2.05) is 24.3 Å². The van der Waals surface area contributed by atoms with E-state index < -0.39 is 41.5 Å². The molecule has 1 aliphatic carbocycles. The smallest absolute Gasteiger partial charge is 0.325 e. The molecule has 0 spiro atoms. The summed E-state index contributed by atoms with van der Waals surface area (Å²) in [5.41, 5.74) is 1.81. The standard InChI is InChI=1S/C21H20ClN3O6/c22-16-9-8-14(10-18(16)25(29)30)21(28)23-11-20(27)31-12-19(26)24-17-7-3-5-13-4-1-2-6-15(13)17/h1-2,4,6,8-10,17H,3,5,7,11-12H2,(H,23,28)(H,24,26)/t17-/m0/s1. The van der Waals surface area contributed by atoms with Crippen molar-refractivity contribution in [3.63, 3.8) is 0 Å². The minimum atomic E-state index is -0.809. The number of nitro benzene ring substituents is 1. The molecule has 0 aliphatic heterocycles. The molecule has 0 saturated carbocycles. The number of nitro groups is 1. The molecule has 9 nitrogen and oxygen atoms in total. The third-order valence-corrected chi connectivity index (χ3v) is 5.19. The number of hydrogen-bond donors (Lipinski definition) is 2. The van der Waals surface area contributed by atoms with Gasteiger partial charge in [-0.05, 0) is 42.5 Å². The molecule has 10 heteroatoms. The zero-order valence-corrected chi connectivity index (χ0v) is 17.2. The lowest BCUT2D eigenvalue weighted by Crippen LogP contribution is -2.36. The van der Waals surface area contributed by atoms with Crippen molar-refractivity contribution < 1.29 is 24.0 Å². The van der Waals surface area contributed by atoms with Gasteiger partial charge in [0.25, 0.3) is 17.5 Å². The highest BCUT2D eigenvalue weighted by Gasteiger charge is 2.22. The van der Waals surface area contributed by atoms with Gasteiger partial charge in [0.05, 0.1) is 11.0 Å². The fourth-order valence-corrected chi connectivity index (χ4v) is 3.57. The molecule has 2 aromatic carbocycles. The number of amides is 2. The summed E-state index contributed by atoms with van der Waals surface area (Å²) >= 11 is 5.71. The van der Waals surface area contributed by atoms with Crippen LogP contribution in [-0.2, 0) is 20.7 Å². The number of carbonyl (C=O) groups is 3. The van der Waals surface area contributed by atoms with Gasteiger partial charge in [-0.1, -0.05) is 35.9 Å². The van der Waals surface area contributed by atoms with E-state index in [1.54, 1.807) is 0 Å². The highest BCUT2D eigenvalue weighted by molar-refractivity contribution is 6.32. The summed E-state index contributed by atoms with van der Waals surface area (Å²) in [6, 6.07) is 11.3. The Morgan fingerprint density at radius 3 is 2.74 bits per heavy atom.